The van der Waals surface area contributed by atoms with Crippen molar-refractivity contribution in [2.75, 3.05) is 0 Å². The minimum atomic E-state index is -1.21. The molecule has 1 N–H and O–H groups in total. The lowest BCUT2D eigenvalue weighted by Crippen LogP contribution is -2.01. The number of aryl methyl sites for hydroxylation is 1. The SMILES string of the molecule is Cc1cc(Br)cc([N+](=O)[O-])c1Oc1ccnc(C(=O)O)c1. The minimum absolute atomic E-state index is 0.0609. The first-order valence-corrected chi connectivity index (χ1v) is 6.49. The smallest absolute Gasteiger partial charge is 0.354 e. The van der Waals surface area contributed by atoms with Gasteiger partial charge in [0.25, 0.3) is 0 Å². The minimum Gasteiger partial charge on any atom is -0.477 e. The second kappa shape index (κ2) is 5.88. The highest BCUT2D eigenvalue weighted by Crippen LogP contribution is 2.37. The van der Waals surface area contributed by atoms with Crippen LogP contribution < -0.4 is 4.74 Å². The zero-order chi connectivity index (χ0) is 15.6. The number of rotatable bonds is 4. The Morgan fingerprint density at radius 1 is 1.43 bits per heavy atom. The molecule has 0 radical (unpaired) electrons. The number of hydrogen-bond donors (Lipinski definition) is 1. The van der Waals surface area contributed by atoms with E-state index in [1.54, 1.807) is 13.0 Å². The third-order valence-corrected chi connectivity index (χ3v) is 3.04. The molecule has 0 saturated carbocycles. The molecule has 1 aromatic heterocycles. The molecule has 7 nitrogen and oxygen atoms in total. The zero-order valence-corrected chi connectivity index (χ0v) is 12.3. The summed E-state index contributed by atoms with van der Waals surface area (Å²) in [6.07, 6.45) is 1.26. The van der Waals surface area contributed by atoms with Crippen LogP contribution in [0.1, 0.15) is 16.1 Å². The fourth-order valence-electron chi connectivity index (χ4n) is 1.69. The predicted molar refractivity (Wildman–Crippen MR) is 76.8 cm³/mol. The third-order valence-electron chi connectivity index (χ3n) is 2.59. The van der Waals surface area contributed by atoms with Crippen molar-refractivity contribution in [3.63, 3.8) is 0 Å². The molecule has 1 heterocycles. The standard InChI is InChI=1S/C13H9BrN2O5/c1-7-4-8(14)5-11(16(19)20)12(7)21-9-2-3-15-10(6-9)13(17)18/h2-6H,1H3,(H,17,18). The molecule has 0 aliphatic heterocycles. The molecule has 0 saturated heterocycles. The average Bonchev–Trinajstić information content (AvgIpc) is 2.41. The Bertz CT molecular complexity index is 732. The summed E-state index contributed by atoms with van der Waals surface area (Å²) in [6.45, 7) is 1.66. The summed E-state index contributed by atoms with van der Waals surface area (Å²) in [5.74, 6) is -0.982. The normalized spacial score (nSPS) is 10.2. The summed E-state index contributed by atoms with van der Waals surface area (Å²) < 4.78 is 6.04. The Morgan fingerprint density at radius 3 is 2.76 bits per heavy atom. The van der Waals surface area contributed by atoms with E-state index in [9.17, 15) is 14.9 Å². The van der Waals surface area contributed by atoms with Gasteiger partial charge in [-0.15, -0.1) is 0 Å². The molecule has 21 heavy (non-hydrogen) atoms. The number of nitro groups is 1. The van der Waals surface area contributed by atoms with Gasteiger partial charge in [0.2, 0.25) is 5.75 Å². The van der Waals surface area contributed by atoms with Crippen LogP contribution in [-0.4, -0.2) is 21.0 Å². The molecule has 0 bridgehead atoms. The van der Waals surface area contributed by atoms with E-state index in [1.165, 1.54) is 24.4 Å². The Kier molecular flexibility index (Phi) is 4.18. The lowest BCUT2D eigenvalue weighted by atomic mass is 10.2. The molecule has 2 rings (SSSR count). The molecule has 0 fully saturated rings. The molecular formula is C13H9BrN2O5. The van der Waals surface area contributed by atoms with E-state index in [0.29, 0.717) is 10.0 Å². The first kappa shape index (κ1) is 14.9. The number of pyridine rings is 1. The van der Waals surface area contributed by atoms with Crippen molar-refractivity contribution in [1.82, 2.24) is 4.98 Å². The maximum atomic E-state index is 11.1. The van der Waals surface area contributed by atoms with Crippen LogP contribution in [0.5, 0.6) is 11.5 Å². The van der Waals surface area contributed by atoms with Crippen molar-refractivity contribution in [2.24, 2.45) is 0 Å². The number of halogens is 1. The number of aromatic carboxylic acids is 1. The van der Waals surface area contributed by atoms with Gasteiger partial charge in [-0.05, 0) is 24.6 Å². The van der Waals surface area contributed by atoms with Crippen LogP contribution in [0, 0.1) is 17.0 Å². The van der Waals surface area contributed by atoms with E-state index in [2.05, 4.69) is 20.9 Å². The van der Waals surface area contributed by atoms with E-state index in [1.807, 2.05) is 0 Å². The summed E-state index contributed by atoms with van der Waals surface area (Å²) in [5, 5.41) is 20.0. The van der Waals surface area contributed by atoms with Crippen molar-refractivity contribution in [1.29, 1.82) is 0 Å². The zero-order valence-electron chi connectivity index (χ0n) is 10.7. The second-order valence-corrected chi connectivity index (χ2v) is 5.03. The van der Waals surface area contributed by atoms with Crippen LogP contribution in [0.3, 0.4) is 0 Å². The van der Waals surface area contributed by atoms with Crippen molar-refractivity contribution < 1.29 is 19.6 Å². The van der Waals surface area contributed by atoms with Gasteiger partial charge < -0.3 is 9.84 Å². The van der Waals surface area contributed by atoms with Crippen LogP contribution in [0.4, 0.5) is 5.69 Å². The van der Waals surface area contributed by atoms with E-state index >= 15 is 0 Å². The quantitative estimate of drug-likeness (QED) is 0.666. The summed E-state index contributed by atoms with van der Waals surface area (Å²) >= 11 is 3.18. The van der Waals surface area contributed by atoms with E-state index in [0.717, 1.165) is 0 Å². The monoisotopic (exact) mass is 352 g/mol. The molecule has 0 unspecified atom stereocenters. The molecule has 0 atom stereocenters. The Morgan fingerprint density at radius 2 is 2.14 bits per heavy atom. The largest absolute Gasteiger partial charge is 0.477 e. The van der Waals surface area contributed by atoms with Gasteiger partial charge in [0.1, 0.15) is 5.75 Å². The van der Waals surface area contributed by atoms with Gasteiger partial charge in [0, 0.05) is 22.8 Å². The average molecular weight is 353 g/mol. The molecule has 1 aromatic carbocycles. The molecule has 2 aromatic rings. The summed E-state index contributed by atoms with van der Waals surface area (Å²) in [5.41, 5.74) is 0.130. The van der Waals surface area contributed by atoms with Gasteiger partial charge in [-0.25, -0.2) is 9.78 Å². The lowest BCUT2D eigenvalue weighted by molar-refractivity contribution is -0.385. The molecule has 108 valence electrons. The van der Waals surface area contributed by atoms with Gasteiger partial charge in [0.05, 0.1) is 4.92 Å². The Balaban J connectivity index is 2.46. The van der Waals surface area contributed by atoms with Gasteiger partial charge in [0.15, 0.2) is 5.69 Å². The first-order valence-electron chi connectivity index (χ1n) is 5.70. The molecule has 0 amide bonds. The van der Waals surface area contributed by atoms with Crippen LogP contribution in [0.2, 0.25) is 0 Å². The summed E-state index contributed by atoms with van der Waals surface area (Å²) in [6, 6.07) is 5.62. The summed E-state index contributed by atoms with van der Waals surface area (Å²) in [7, 11) is 0. The fraction of sp³-hybridized carbons (Fsp3) is 0.0769. The van der Waals surface area contributed by atoms with Crippen molar-refractivity contribution >= 4 is 27.6 Å². The van der Waals surface area contributed by atoms with Gasteiger partial charge in [-0.2, -0.15) is 0 Å². The number of carboxylic acid groups (broad SMARTS) is 1. The fourth-order valence-corrected chi connectivity index (χ4v) is 2.25. The Labute approximate surface area is 127 Å². The van der Waals surface area contributed by atoms with Crippen molar-refractivity contribution in [3.8, 4) is 11.5 Å². The van der Waals surface area contributed by atoms with E-state index in [-0.39, 0.29) is 22.9 Å². The topological polar surface area (TPSA) is 103 Å². The van der Waals surface area contributed by atoms with E-state index in [4.69, 9.17) is 9.84 Å². The number of carboxylic acids is 1. The number of benzene rings is 1. The molecule has 0 spiro atoms. The highest BCUT2D eigenvalue weighted by atomic mass is 79.9. The van der Waals surface area contributed by atoms with Crippen LogP contribution in [-0.2, 0) is 0 Å². The second-order valence-electron chi connectivity index (χ2n) is 4.11. The number of carbonyl (C=O) groups is 1. The van der Waals surface area contributed by atoms with Gasteiger partial charge in [-0.1, -0.05) is 15.9 Å². The maximum Gasteiger partial charge on any atom is 0.354 e. The van der Waals surface area contributed by atoms with Crippen LogP contribution >= 0.6 is 15.9 Å². The molecule has 0 aliphatic rings. The lowest BCUT2D eigenvalue weighted by Gasteiger charge is -2.10. The number of aromatic nitrogens is 1. The van der Waals surface area contributed by atoms with Crippen molar-refractivity contribution in [2.45, 2.75) is 6.92 Å². The number of nitrogens with zero attached hydrogens (tertiary/aromatic N) is 2. The molecule has 8 heteroatoms. The van der Waals surface area contributed by atoms with Gasteiger partial charge in [-0.3, -0.25) is 10.1 Å². The van der Waals surface area contributed by atoms with Crippen molar-refractivity contribution in [3.05, 3.63) is 56.3 Å². The highest BCUT2D eigenvalue weighted by molar-refractivity contribution is 9.10. The maximum absolute atomic E-state index is 11.1. The summed E-state index contributed by atoms with van der Waals surface area (Å²) in [4.78, 5) is 25.0. The Hall–Kier alpha value is -2.48. The number of hydrogen-bond acceptors (Lipinski definition) is 5. The van der Waals surface area contributed by atoms with Crippen LogP contribution in [0.25, 0.3) is 0 Å². The van der Waals surface area contributed by atoms with Gasteiger partial charge >= 0.3 is 11.7 Å². The van der Waals surface area contributed by atoms with Crippen LogP contribution in [0.15, 0.2) is 34.9 Å². The number of ether oxygens (including phenoxy) is 1. The first-order chi connectivity index (χ1) is 9.88. The molecule has 0 aliphatic carbocycles. The van der Waals surface area contributed by atoms with E-state index < -0.39 is 10.9 Å². The molecular weight excluding hydrogens is 344 g/mol. The number of nitro benzene ring substituents is 1. The third kappa shape index (κ3) is 3.34. The predicted octanol–water partition coefficient (Wildman–Crippen LogP) is 3.55. The highest BCUT2D eigenvalue weighted by Gasteiger charge is 2.20.